The molecular formula is C17H33N3O2. The molecule has 0 heterocycles. The predicted octanol–water partition coefficient (Wildman–Crippen LogP) is 1.87. The molecule has 0 aromatic carbocycles. The summed E-state index contributed by atoms with van der Waals surface area (Å²) in [5.41, 5.74) is 0. The number of hydrogen-bond acceptors (Lipinski definition) is 3. The number of amides is 2. The lowest BCUT2D eigenvalue weighted by Gasteiger charge is -2.34. The van der Waals surface area contributed by atoms with Crippen LogP contribution < -0.4 is 5.32 Å². The van der Waals surface area contributed by atoms with Crippen LogP contribution >= 0.6 is 0 Å². The molecule has 0 bridgehead atoms. The second-order valence-electron chi connectivity index (χ2n) is 6.94. The van der Waals surface area contributed by atoms with Crippen LogP contribution in [0.15, 0.2) is 0 Å². The topological polar surface area (TPSA) is 52.7 Å². The lowest BCUT2D eigenvalue weighted by Crippen LogP contribution is -2.47. The van der Waals surface area contributed by atoms with Crippen LogP contribution in [0.2, 0.25) is 0 Å². The molecule has 0 aromatic rings. The fraction of sp³-hybridized carbons (Fsp3) is 0.882. The summed E-state index contributed by atoms with van der Waals surface area (Å²) in [6.45, 7) is 9.46. The lowest BCUT2D eigenvalue weighted by atomic mass is 9.87. The Morgan fingerprint density at radius 3 is 2.23 bits per heavy atom. The van der Waals surface area contributed by atoms with Crippen LogP contribution in [0.25, 0.3) is 0 Å². The highest BCUT2D eigenvalue weighted by Crippen LogP contribution is 2.26. The van der Waals surface area contributed by atoms with Crippen molar-refractivity contribution in [1.29, 1.82) is 0 Å². The van der Waals surface area contributed by atoms with Gasteiger partial charge in [-0.15, -0.1) is 0 Å². The molecule has 5 heteroatoms. The third-order valence-corrected chi connectivity index (χ3v) is 4.55. The van der Waals surface area contributed by atoms with Gasteiger partial charge in [-0.25, -0.2) is 0 Å². The molecule has 0 aliphatic heterocycles. The van der Waals surface area contributed by atoms with Gasteiger partial charge in [0.2, 0.25) is 11.8 Å². The van der Waals surface area contributed by atoms with Crippen molar-refractivity contribution in [3.05, 3.63) is 0 Å². The smallest absolute Gasteiger partial charge is 0.236 e. The van der Waals surface area contributed by atoms with Crippen molar-refractivity contribution < 1.29 is 9.59 Å². The molecule has 0 unspecified atom stereocenters. The second-order valence-corrected chi connectivity index (χ2v) is 6.94. The average molecular weight is 311 g/mol. The number of hydrogen-bond donors (Lipinski definition) is 1. The number of nitrogens with one attached hydrogen (secondary N) is 1. The molecule has 1 fully saturated rings. The van der Waals surface area contributed by atoms with Gasteiger partial charge in [-0.1, -0.05) is 13.8 Å². The van der Waals surface area contributed by atoms with Gasteiger partial charge in [0, 0.05) is 19.1 Å². The van der Waals surface area contributed by atoms with E-state index >= 15 is 0 Å². The fourth-order valence-corrected chi connectivity index (χ4v) is 2.99. The van der Waals surface area contributed by atoms with Gasteiger partial charge in [-0.2, -0.15) is 0 Å². The van der Waals surface area contributed by atoms with Crippen molar-refractivity contribution in [2.24, 2.45) is 5.92 Å². The Hall–Kier alpha value is -1.10. The van der Waals surface area contributed by atoms with E-state index in [1.807, 2.05) is 37.6 Å². The number of carbonyl (C=O) groups is 2. The Bertz CT molecular complexity index is 363. The number of rotatable bonds is 7. The normalized spacial score (nSPS) is 22.0. The zero-order valence-corrected chi connectivity index (χ0v) is 14.9. The molecule has 0 saturated heterocycles. The highest BCUT2D eigenvalue weighted by atomic mass is 16.2. The minimum atomic E-state index is -0.0150. The van der Waals surface area contributed by atoms with Crippen molar-refractivity contribution in [2.45, 2.75) is 65.5 Å². The van der Waals surface area contributed by atoms with E-state index in [0.717, 1.165) is 18.8 Å². The Morgan fingerprint density at radius 1 is 1.14 bits per heavy atom. The fourth-order valence-electron chi connectivity index (χ4n) is 2.99. The largest absolute Gasteiger partial charge is 0.353 e. The standard InChI is InChI=1S/C17H33N3O2/c1-6-20(11-16(21)18-13(2)3)12-17(22)19(5)15-9-7-14(4)8-10-15/h13-15H,6-12H2,1-5H3,(H,18,21). The summed E-state index contributed by atoms with van der Waals surface area (Å²) in [5, 5.41) is 2.87. The van der Waals surface area contributed by atoms with E-state index in [1.165, 1.54) is 12.8 Å². The van der Waals surface area contributed by atoms with E-state index in [4.69, 9.17) is 0 Å². The molecule has 5 nitrogen and oxygen atoms in total. The van der Waals surface area contributed by atoms with Crippen LogP contribution in [-0.2, 0) is 9.59 Å². The van der Waals surface area contributed by atoms with Crippen molar-refractivity contribution in [2.75, 3.05) is 26.7 Å². The number of nitrogens with zero attached hydrogens (tertiary/aromatic N) is 2. The summed E-state index contributed by atoms with van der Waals surface area (Å²) in [6.07, 6.45) is 4.61. The SMILES string of the molecule is CCN(CC(=O)NC(C)C)CC(=O)N(C)C1CCC(C)CC1. The van der Waals surface area contributed by atoms with Crippen molar-refractivity contribution >= 4 is 11.8 Å². The third-order valence-electron chi connectivity index (χ3n) is 4.55. The molecule has 1 saturated carbocycles. The van der Waals surface area contributed by atoms with Crippen LogP contribution in [0.4, 0.5) is 0 Å². The second kappa shape index (κ2) is 9.13. The predicted molar refractivity (Wildman–Crippen MR) is 89.6 cm³/mol. The van der Waals surface area contributed by atoms with Crippen molar-refractivity contribution in [1.82, 2.24) is 15.1 Å². The van der Waals surface area contributed by atoms with E-state index in [1.54, 1.807) is 0 Å². The van der Waals surface area contributed by atoms with Gasteiger partial charge in [-0.3, -0.25) is 14.5 Å². The van der Waals surface area contributed by atoms with E-state index in [0.29, 0.717) is 19.1 Å². The monoisotopic (exact) mass is 311 g/mol. The quantitative estimate of drug-likeness (QED) is 0.781. The summed E-state index contributed by atoms with van der Waals surface area (Å²) >= 11 is 0. The summed E-state index contributed by atoms with van der Waals surface area (Å²) in [6, 6.07) is 0.501. The van der Waals surface area contributed by atoms with E-state index in [9.17, 15) is 9.59 Å². The van der Waals surface area contributed by atoms with Gasteiger partial charge in [0.1, 0.15) is 0 Å². The minimum Gasteiger partial charge on any atom is -0.353 e. The van der Waals surface area contributed by atoms with Crippen LogP contribution in [0.1, 0.15) is 53.4 Å². The van der Waals surface area contributed by atoms with Gasteiger partial charge in [-0.05, 0) is 52.0 Å². The molecule has 1 N–H and O–H groups in total. The average Bonchev–Trinajstić information content (AvgIpc) is 2.45. The molecule has 0 radical (unpaired) electrons. The Labute approximate surface area is 135 Å². The van der Waals surface area contributed by atoms with E-state index in [2.05, 4.69) is 12.2 Å². The molecule has 1 rings (SSSR count). The van der Waals surface area contributed by atoms with Gasteiger partial charge >= 0.3 is 0 Å². The molecule has 22 heavy (non-hydrogen) atoms. The molecule has 128 valence electrons. The number of carbonyl (C=O) groups excluding carboxylic acids is 2. The van der Waals surface area contributed by atoms with Crippen LogP contribution in [-0.4, -0.2) is 60.4 Å². The van der Waals surface area contributed by atoms with Gasteiger partial charge < -0.3 is 10.2 Å². The molecule has 1 aliphatic rings. The highest BCUT2D eigenvalue weighted by molar-refractivity contribution is 5.81. The molecule has 1 aliphatic carbocycles. The first-order valence-corrected chi connectivity index (χ1v) is 8.60. The first kappa shape index (κ1) is 18.9. The molecule has 0 atom stereocenters. The van der Waals surface area contributed by atoms with E-state index < -0.39 is 0 Å². The van der Waals surface area contributed by atoms with Crippen molar-refractivity contribution in [3.63, 3.8) is 0 Å². The van der Waals surface area contributed by atoms with Crippen molar-refractivity contribution in [3.8, 4) is 0 Å². The third kappa shape index (κ3) is 6.34. The maximum Gasteiger partial charge on any atom is 0.236 e. The maximum atomic E-state index is 12.4. The Morgan fingerprint density at radius 2 is 1.73 bits per heavy atom. The Balaban J connectivity index is 2.44. The first-order chi connectivity index (χ1) is 10.3. The number of likely N-dealkylation sites (N-methyl/N-ethyl adjacent to an activating group) is 2. The lowest BCUT2D eigenvalue weighted by molar-refractivity contribution is -0.134. The van der Waals surface area contributed by atoms with Crippen LogP contribution in [0, 0.1) is 5.92 Å². The van der Waals surface area contributed by atoms with Gasteiger partial charge in [0.15, 0.2) is 0 Å². The summed E-state index contributed by atoms with van der Waals surface area (Å²) < 4.78 is 0. The van der Waals surface area contributed by atoms with Crippen LogP contribution in [0.5, 0.6) is 0 Å². The minimum absolute atomic E-state index is 0.0150. The Kier molecular flexibility index (Phi) is 7.87. The molecular weight excluding hydrogens is 278 g/mol. The van der Waals surface area contributed by atoms with Gasteiger partial charge in [0.05, 0.1) is 13.1 Å². The molecule has 2 amide bonds. The summed E-state index contributed by atoms with van der Waals surface area (Å²) in [4.78, 5) is 28.1. The zero-order chi connectivity index (χ0) is 16.7. The van der Waals surface area contributed by atoms with Crippen LogP contribution in [0.3, 0.4) is 0 Å². The zero-order valence-electron chi connectivity index (χ0n) is 14.9. The summed E-state index contributed by atoms with van der Waals surface area (Å²) in [5.74, 6) is 0.893. The summed E-state index contributed by atoms with van der Waals surface area (Å²) in [7, 11) is 1.91. The van der Waals surface area contributed by atoms with E-state index in [-0.39, 0.29) is 24.4 Å². The first-order valence-electron chi connectivity index (χ1n) is 8.60. The maximum absolute atomic E-state index is 12.4. The molecule has 0 aromatic heterocycles. The highest BCUT2D eigenvalue weighted by Gasteiger charge is 2.25. The molecule has 0 spiro atoms. The van der Waals surface area contributed by atoms with Gasteiger partial charge in [0.25, 0.3) is 0 Å².